The summed E-state index contributed by atoms with van der Waals surface area (Å²) in [6, 6.07) is 9.00. The number of amides is 1. The number of nitriles is 1. The van der Waals surface area contributed by atoms with Gasteiger partial charge in [-0.05, 0) is 75.5 Å². The van der Waals surface area contributed by atoms with Gasteiger partial charge in [-0.15, -0.1) is 0 Å². The number of hydrogen-bond donors (Lipinski definition) is 1. The van der Waals surface area contributed by atoms with Crippen LogP contribution in [0.5, 0.6) is 0 Å². The summed E-state index contributed by atoms with van der Waals surface area (Å²) in [5.74, 6) is -0.240. The highest BCUT2D eigenvalue weighted by atomic mass is 28.3. The second kappa shape index (κ2) is 11.5. The molecule has 1 fully saturated rings. The Morgan fingerprint density at radius 3 is 2.44 bits per heavy atom. The van der Waals surface area contributed by atoms with Crippen LogP contribution in [0.4, 0.5) is 5.69 Å². The van der Waals surface area contributed by atoms with Gasteiger partial charge < -0.3 is 23.9 Å². The summed E-state index contributed by atoms with van der Waals surface area (Å²) in [7, 11) is -1.76. The third kappa shape index (κ3) is 7.39. The zero-order valence-electron chi connectivity index (χ0n) is 26.2. The molecule has 8 nitrogen and oxygen atoms in total. The van der Waals surface area contributed by atoms with Crippen LogP contribution in [-0.4, -0.2) is 48.5 Å². The van der Waals surface area contributed by atoms with Gasteiger partial charge in [-0.3, -0.25) is 4.79 Å². The summed E-state index contributed by atoms with van der Waals surface area (Å²) in [4.78, 5) is 17.9. The monoisotopic (exact) mass is 576 g/mol. The van der Waals surface area contributed by atoms with E-state index in [9.17, 15) is 10.1 Å². The van der Waals surface area contributed by atoms with Gasteiger partial charge >= 0.3 is 7.12 Å². The van der Waals surface area contributed by atoms with E-state index in [0.29, 0.717) is 12.3 Å². The molecule has 0 saturated carbocycles. The Morgan fingerprint density at radius 2 is 1.85 bits per heavy atom. The number of hydrogen-bond acceptors (Lipinski definition) is 6. The van der Waals surface area contributed by atoms with Crippen LogP contribution in [0.25, 0.3) is 5.57 Å². The zero-order valence-corrected chi connectivity index (χ0v) is 27.2. The fraction of sp³-hybridized carbons (Fsp3) is 0.581. The lowest BCUT2D eigenvalue weighted by Gasteiger charge is -2.32. The Balaban J connectivity index is 1.62. The standard InChI is InChI=1S/C31H45BN4O4Si/c1-29(2)14-12-22(13-15-29)25-18-23(32-39-30(3,4)31(5,6)40-32)10-11-26(25)35-28(37)27-34-24(19-33)20-36(27)21-38-16-17-41(7,8)9/h10-12,18,20H,13-17,21H2,1-9H3,(H,35,37). The molecular weight excluding hydrogens is 531 g/mol. The number of carbonyl (C=O) groups is 1. The molecule has 220 valence electrons. The van der Waals surface area contributed by atoms with E-state index in [2.05, 4.69) is 55.9 Å². The number of imidazole rings is 1. The predicted octanol–water partition coefficient (Wildman–Crippen LogP) is 6.21. The summed E-state index contributed by atoms with van der Waals surface area (Å²) >= 11 is 0. The molecule has 0 bridgehead atoms. The lowest BCUT2D eigenvalue weighted by Crippen LogP contribution is -2.41. The van der Waals surface area contributed by atoms with E-state index < -0.39 is 26.4 Å². The second-order valence-electron chi connectivity index (χ2n) is 14.3. The second-order valence-corrected chi connectivity index (χ2v) is 19.9. The van der Waals surface area contributed by atoms with Crippen molar-refractivity contribution in [3.63, 3.8) is 0 Å². The van der Waals surface area contributed by atoms with E-state index in [1.54, 1.807) is 10.8 Å². The minimum Gasteiger partial charge on any atom is -0.399 e. The van der Waals surface area contributed by atoms with E-state index >= 15 is 0 Å². The Morgan fingerprint density at radius 1 is 1.17 bits per heavy atom. The molecule has 10 heteroatoms. The van der Waals surface area contributed by atoms with Crippen LogP contribution in [0.1, 0.15) is 82.7 Å². The van der Waals surface area contributed by atoms with Gasteiger partial charge in [-0.25, -0.2) is 4.98 Å². The molecule has 1 amide bonds. The van der Waals surface area contributed by atoms with Gasteiger partial charge in [-0.1, -0.05) is 51.7 Å². The normalized spacial score (nSPS) is 19.5. The van der Waals surface area contributed by atoms with Crippen LogP contribution in [0.2, 0.25) is 25.7 Å². The van der Waals surface area contributed by atoms with Crippen LogP contribution in [-0.2, 0) is 20.8 Å². The number of rotatable bonds is 9. The van der Waals surface area contributed by atoms with Crippen LogP contribution in [0.15, 0.2) is 30.5 Å². The van der Waals surface area contributed by atoms with E-state index in [0.717, 1.165) is 36.3 Å². The fourth-order valence-corrected chi connectivity index (χ4v) is 5.61. The summed E-state index contributed by atoms with van der Waals surface area (Å²) in [6.45, 7) is 20.4. The summed E-state index contributed by atoms with van der Waals surface area (Å²) < 4.78 is 20.1. The van der Waals surface area contributed by atoms with Crippen molar-refractivity contribution in [3.8, 4) is 6.07 Å². The first-order valence-electron chi connectivity index (χ1n) is 14.6. The number of carbonyl (C=O) groups excluding carboxylic acids is 1. The maximum atomic E-state index is 13.6. The quantitative estimate of drug-likeness (QED) is 0.282. The predicted molar refractivity (Wildman–Crippen MR) is 167 cm³/mol. The molecule has 1 N–H and O–H groups in total. The van der Waals surface area contributed by atoms with E-state index in [1.807, 2.05) is 45.9 Å². The number of benzene rings is 1. The highest BCUT2D eigenvalue weighted by molar-refractivity contribution is 6.76. The third-order valence-electron chi connectivity index (χ3n) is 8.46. The SMILES string of the molecule is CC1(C)CC=C(c2cc(B3OC(C)(C)C(C)(C)O3)ccc2NC(=O)c2nc(C#N)cn2COCC[Si](C)(C)C)CC1. The van der Waals surface area contributed by atoms with E-state index in [4.69, 9.17) is 14.0 Å². The van der Waals surface area contributed by atoms with Crippen molar-refractivity contribution in [2.24, 2.45) is 5.41 Å². The molecule has 0 spiro atoms. The molecule has 1 aromatic heterocycles. The average Bonchev–Trinajstić information content (AvgIpc) is 3.38. The molecule has 0 unspecified atom stereocenters. The van der Waals surface area contributed by atoms with Gasteiger partial charge in [0.25, 0.3) is 5.91 Å². The number of nitrogens with zero attached hydrogens (tertiary/aromatic N) is 3. The van der Waals surface area contributed by atoms with Gasteiger partial charge in [0.2, 0.25) is 5.82 Å². The van der Waals surface area contributed by atoms with Gasteiger partial charge in [0, 0.05) is 32.1 Å². The van der Waals surface area contributed by atoms with Crippen LogP contribution < -0.4 is 10.8 Å². The lowest BCUT2D eigenvalue weighted by molar-refractivity contribution is 0.00578. The number of allylic oxidation sites excluding steroid dienone is 2. The summed E-state index contributed by atoms with van der Waals surface area (Å²) in [5.41, 5.74) is 3.25. The smallest absolute Gasteiger partial charge is 0.399 e. The summed E-state index contributed by atoms with van der Waals surface area (Å²) in [5, 5.41) is 12.6. The summed E-state index contributed by atoms with van der Waals surface area (Å²) in [6.07, 6.45) is 6.76. The molecule has 2 heterocycles. The molecule has 1 saturated heterocycles. The number of ether oxygens (including phenoxy) is 1. The Bertz CT molecular complexity index is 1350. The Hall–Kier alpha value is -2.71. The van der Waals surface area contributed by atoms with Crippen molar-refractivity contribution >= 4 is 37.8 Å². The van der Waals surface area contributed by atoms with E-state index in [-0.39, 0.29) is 29.6 Å². The van der Waals surface area contributed by atoms with Crippen LogP contribution in [0, 0.1) is 16.7 Å². The topological polar surface area (TPSA) is 98.4 Å². The molecular formula is C31H45BN4O4Si. The van der Waals surface area contributed by atoms with Crippen molar-refractivity contribution in [2.75, 3.05) is 11.9 Å². The molecule has 1 aliphatic heterocycles. The zero-order chi connectivity index (χ0) is 30.2. The number of aromatic nitrogens is 2. The molecule has 2 aromatic rings. The molecule has 4 rings (SSSR count). The van der Waals surface area contributed by atoms with Crippen molar-refractivity contribution in [3.05, 3.63) is 47.6 Å². The van der Waals surface area contributed by atoms with Crippen molar-refractivity contribution in [1.82, 2.24) is 9.55 Å². The van der Waals surface area contributed by atoms with E-state index in [1.165, 1.54) is 5.57 Å². The number of nitrogens with one attached hydrogen (secondary N) is 1. The van der Waals surface area contributed by atoms with Crippen LogP contribution in [0.3, 0.4) is 0 Å². The van der Waals surface area contributed by atoms with Gasteiger partial charge in [0.1, 0.15) is 12.8 Å². The van der Waals surface area contributed by atoms with Crippen molar-refractivity contribution in [1.29, 1.82) is 5.26 Å². The maximum absolute atomic E-state index is 13.6. The van der Waals surface area contributed by atoms with Gasteiger partial charge in [0.15, 0.2) is 5.69 Å². The Labute approximate surface area is 246 Å². The largest absolute Gasteiger partial charge is 0.494 e. The molecule has 2 aliphatic rings. The first-order valence-corrected chi connectivity index (χ1v) is 18.3. The molecule has 41 heavy (non-hydrogen) atoms. The fourth-order valence-electron chi connectivity index (χ4n) is 4.85. The minimum absolute atomic E-state index is 0.147. The maximum Gasteiger partial charge on any atom is 0.494 e. The minimum atomic E-state index is -1.25. The molecule has 0 radical (unpaired) electrons. The highest BCUT2D eigenvalue weighted by Crippen LogP contribution is 2.41. The van der Waals surface area contributed by atoms with Gasteiger partial charge in [0.05, 0.1) is 11.2 Å². The highest BCUT2D eigenvalue weighted by Gasteiger charge is 2.51. The average molecular weight is 577 g/mol. The number of anilines is 1. The van der Waals surface area contributed by atoms with Crippen molar-refractivity contribution in [2.45, 2.75) is 104 Å². The first-order chi connectivity index (χ1) is 19.0. The van der Waals surface area contributed by atoms with Crippen LogP contribution >= 0.6 is 0 Å². The lowest BCUT2D eigenvalue weighted by atomic mass is 9.74. The molecule has 0 atom stereocenters. The third-order valence-corrected chi connectivity index (χ3v) is 10.2. The first kappa shape index (κ1) is 31.2. The molecule has 1 aromatic carbocycles. The molecule has 1 aliphatic carbocycles. The van der Waals surface area contributed by atoms with Gasteiger partial charge in [-0.2, -0.15) is 5.26 Å². The Kier molecular flexibility index (Phi) is 8.78. The van der Waals surface area contributed by atoms with Crippen molar-refractivity contribution < 1.29 is 18.8 Å².